The van der Waals surface area contributed by atoms with E-state index in [9.17, 15) is 4.39 Å². The molecule has 0 aromatic heterocycles. The second kappa shape index (κ2) is 7.01. The van der Waals surface area contributed by atoms with Crippen molar-refractivity contribution >= 4 is 0 Å². The van der Waals surface area contributed by atoms with Gasteiger partial charge in [0.05, 0.1) is 0 Å². The van der Waals surface area contributed by atoms with E-state index in [4.69, 9.17) is 0 Å². The van der Waals surface area contributed by atoms with Crippen LogP contribution in [0, 0.1) is 11.7 Å². The first kappa shape index (κ1) is 14.5. The molecule has 0 saturated carbocycles. The molecule has 0 aliphatic carbocycles. The molecule has 1 saturated heterocycles. The van der Waals surface area contributed by atoms with Gasteiger partial charge in [-0.1, -0.05) is 19.1 Å². The molecule has 0 radical (unpaired) electrons. The van der Waals surface area contributed by atoms with Gasteiger partial charge in [0.1, 0.15) is 5.82 Å². The third-order valence-electron chi connectivity index (χ3n) is 4.23. The van der Waals surface area contributed by atoms with Crippen molar-refractivity contribution in [1.82, 2.24) is 10.2 Å². The van der Waals surface area contributed by atoms with Gasteiger partial charge in [0.15, 0.2) is 0 Å². The Morgan fingerprint density at radius 1 is 1.26 bits per heavy atom. The number of rotatable bonds is 5. The summed E-state index contributed by atoms with van der Waals surface area (Å²) >= 11 is 0. The quantitative estimate of drug-likeness (QED) is 0.878. The van der Waals surface area contributed by atoms with E-state index in [2.05, 4.69) is 24.1 Å². The van der Waals surface area contributed by atoms with Crippen molar-refractivity contribution in [3.05, 3.63) is 35.6 Å². The van der Waals surface area contributed by atoms with Crippen LogP contribution in [0.3, 0.4) is 0 Å². The Balaban J connectivity index is 1.85. The van der Waals surface area contributed by atoms with Crippen LogP contribution < -0.4 is 5.32 Å². The van der Waals surface area contributed by atoms with Gasteiger partial charge in [0.2, 0.25) is 0 Å². The van der Waals surface area contributed by atoms with Crippen molar-refractivity contribution < 1.29 is 4.39 Å². The molecular weight excluding hydrogens is 239 g/mol. The van der Waals surface area contributed by atoms with Crippen molar-refractivity contribution in [2.75, 3.05) is 26.2 Å². The predicted molar refractivity (Wildman–Crippen MR) is 77.7 cm³/mol. The summed E-state index contributed by atoms with van der Waals surface area (Å²) in [6, 6.07) is 7.32. The van der Waals surface area contributed by atoms with Gasteiger partial charge in [0.25, 0.3) is 0 Å². The van der Waals surface area contributed by atoms with Crippen molar-refractivity contribution in [3.63, 3.8) is 0 Å². The van der Waals surface area contributed by atoms with Crippen LogP contribution in [0.4, 0.5) is 4.39 Å². The van der Waals surface area contributed by atoms with Crippen LogP contribution in [0.2, 0.25) is 0 Å². The largest absolute Gasteiger partial charge is 0.317 e. The van der Waals surface area contributed by atoms with Crippen molar-refractivity contribution in [2.45, 2.75) is 32.7 Å². The van der Waals surface area contributed by atoms with Gasteiger partial charge in [0, 0.05) is 6.04 Å². The first-order valence-electron chi connectivity index (χ1n) is 7.41. The number of piperidine rings is 1. The molecule has 19 heavy (non-hydrogen) atoms. The molecule has 3 heteroatoms. The van der Waals surface area contributed by atoms with E-state index in [1.165, 1.54) is 18.4 Å². The maximum Gasteiger partial charge on any atom is 0.123 e. The Bertz CT molecular complexity index is 369. The zero-order valence-electron chi connectivity index (χ0n) is 12.0. The van der Waals surface area contributed by atoms with Crippen molar-refractivity contribution in [2.24, 2.45) is 5.92 Å². The molecule has 1 atom stereocenters. The fourth-order valence-corrected chi connectivity index (χ4v) is 2.84. The Morgan fingerprint density at radius 2 is 1.89 bits per heavy atom. The standard InChI is InChI=1S/C16H25FN2/c1-3-18-12-14-8-10-19(11-9-14)13(2)15-4-6-16(17)7-5-15/h4-7,13-14,18H,3,8-12H2,1-2H3. The zero-order valence-corrected chi connectivity index (χ0v) is 12.0. The Labute approximate surface area is 116 Å². The van der Waals surface area contributed by atoms with E-state index < -0.39 is 0 Å². The Morgan fingerprint density at radius 3 is 2.47 bits per heavy atom. The van der Waals surface area contributed by atoms with Crippen LogP contribution in [0.15, 0.2) is 24.3 Å². The van der Waals surface area contributed by atoms with Crippen LogP contribution in [-0.2, 0) is 0 Å². The van der Waals surface area contributed by atoms with Crippen LogP contribution in [-0.4, -0.2) is 31.1 Å². The summed E-state index contributed by atoms with van der Waals surface area (Å²) in [4.78, 5) is 2.51. The highest BCUT2D eigenvalue weighted by Gasteiger charge is 2.23. The molecule has 1 fully saturated rings. The van der Waals surface area contributed by atoms with Gasteiger partial charge in [-0.05, 0) is 69.6 Å². The monoisotopic (exact) mass is 264 g/mol. The summed E-state index contributed by atoms with van der Waals surface area (Å²) in [5.41, 5.74) is 1.21. The molecule has 1 aliphatic rings. The Kier molecular flexibility index (Phi) is 5.34. The summed E-state index contributed by atoms with van der Waals surface area (Å²) in [6.45, 7) is 8.88. The van der Waals surface area contributed by atoms with Crippen LogP contribution in [0.5, 0.6) is 0 Å². The summed E-state index contributed by atoms with van der Waals surface area (Å²) < 4.78 is 12.9. The lowest BCUT2D eigenvalue weighted by molar-refractivity contribution is 0.140. The van der Waals surface area contributed by atoms with Gasteiger partial charge in [-0.15, -0.1) is 0 Å². The minimum absolute atomic E-state index is 0.153. The molecule has 1 aromatic rings. The highest BCUT2D eigenvalue weighted by Crippen LogP contribution is 2.26. The molecule has 2 nitrogen and oxygen atoms in total. The molecule has 0 amide bonds. The number of nitrogens with zero attached hydrogens (tertiary/aromatic N) is 1. The summed E-state index contributed by atoms with van der Waals surface area (Å²) in [5.74, 6) is 0.664. The lowest BCUT2D eigenvalue weighted by Gasteiger charge is -2.36. The molecule has 1 unspecified atom stereocenters. The van der Waals surface area contributed by atoms with E-state index in [0.717, 1.165) is 32.1 Å². The average Bonchev–Trinajstić information content (AvgIpc) is 2.46. The first-order chi connectivity index (χ1) is 9.20. The molecule has 0 spiro atoms. The highest BCUT2D eigenvalue weighted by molar-refractivity contribution is 5.19. The van der Waals surface area contributed by atoms with E-state index >= 15 is 0 Å². The minimum atomic E-state index is -0.153. The van der Waals surface area contributed by atoms with E-state index in [1.54, 1.807) is 12.1 Å². The molecule has 1 N–H and O–H groups in total. The number of nitrogens with one attached hydrogen (secondary N) is 1. The van der Waals surface area contributed by atoms with Gasteiger partial charge >= 0.3 is 0 Å². The van der Waals surface area contributed by atoms with Crippen molar-refractivity contribution in [1.29, 1.82) is 0 Å². The summed E-state index contributed by atoms with van der Waals surface area (Å²) in [6.07, 6.45) is 2.52. The number of likely N-dealkylation sites (tertiary alicyclic amines) is 1. The molecule has 0 bridgehead atoms. The van der Waals surface area contributed by atoms with Crippen molar-refractivity contribution in [3.8, 4) is 0 Å². The number of halogens is 1. The normalized spacial score (nSPS) is 19.5. The molecule has 106 valence electrons. The highest BCUT2D eigenvalue weighted by atomic mass is 19.1. The predicted octanol–water partition coefficient (Wildman–Crippen LogP) is 3.21. The molecular formula is C16H25FN2. The third-order valence-corrected chi connectivity index (χ3v) is 4.23. The lowest BCUT2D eigenvalue weighted by atomic mass is 9.94. The fraction of sp³-hybridized carbons (Fsp3) is 0.625. The molecule has 1 aromatic carbocycles. The summed E-state index contributed by atoms with van der Waals surface area (Å²) in [7, 11) is 0. The van der Waals surface area contributed by atoms with Gasteiger partial charge in [-0.2, -0.15) is 0 Å². The number of hydrogen-bond acceptors (Lipinski definition) is 2. The molecule has 2 rings (SSSR count). The second-order valence-electron chi connectivity index (χ2n) is 5.51. The SMILES string of the molecule is CCNCC1CCN(C(C)c2ccc(F)cc2)CC1. The smallest absolute Gasteiger partial charge is 0.123 e. The third kappa shape index (κ3) is 4.02. The van der Waals surface area contributed by atoms with Crippen LogP contribution in [0.25, 0.3) is 0 Å². The zero-order chi connectivity index (χ0) is 13.7. The maximum atomic E-state index is 12.9. The number of hydrogen-bond donors (Lipinski definition) is 1. The van der Waals surface area contributed by atoms with E-state index in [0.29, 0.717) is 6.04 Å². The maximum absolute atomic E-state index is 12.9. The topological polar surface area (TPSA) is 15.3 Å². The molecule has 1 aliphatic heterocycles. The Hall–Kier alpha value is -0.930. The fourth-order valence-electron chi connectivity index (χ4n) is 2.84. The summed E-state index contributed by atoms with van der Waals surface area (Å²) in [5, 5.41) is 3.44. The first-order valence-corrected chi connectivity index (χ1v) is 7.41. The van der Waals surface area contributed by atoms with Gasteiger partial charge in [-0.3, -0.25) is 4.90 Å². The van der Waals surface area contributed by atoms with Gasteiger partial charge in [-0.25, -0.2) is 4.39 Å². The average molecular weight is 264 g/mol. The second-order valence-corrected chi connectivity index (χ2v) is 5.51. The van der Waals surface area contributed by atoms with Crippen LogP contribution in [0.1, 0.15) is 38.3 Å². The van der Waals surface area contributed by atoms with E-state index in [1.807, 2.05) is 12.1 Å². The minimum Gasteiger partial charge on any atom is -0.317 e. The van der Waals surface area contributed by atoms with E-state index in [-0.39, 0.29) is 5.82 Å². The number of benzene rings is 1. The van der Waals surface area contributed by atoms with Crippen LogP contribution >= 0.6 is 0 Å². The lowest BCUT2D eigenvalue weighted by Crippen LogP contribution is -2.38. The van der Waals surface area contributed by atoms with Gasteiger partial charge < -0.3 is 5.32 Å². The molecule has 1 heterocycles.